The van der Waals surface area contributed by atoms with Gasteiger partial charge in [-0.3, -0.25) is 92.3 Å². The highest BCUT2D eigenvalue weighted by Crippen LogP contribution is 2.25. The average molecular weight is 1980 g/mol. The molecule has 43 nitrogen and oxygen atoms in total. The van der Waals surface area contributed by atoms with Crippen LogP contribution in [0.25, 0.3) is 22.0 Å². The molecule has 5 aromatic carbocycles. The number of aliphatic hydroxyl groups is 1. The normalized spacial score (nSPS) is 23.0. The number of aliphatic carboxylic acids is 1. The van der Waals surface area contributed by atoms with E-state index in [-0.39, 0.29) is 81.7 Å². The maximum atomic E-state index is 15.5. The molecule has 1 aromatic heterocycles. The number of aromatic amines is 1. The number of hydrogen-bond donors (Lipinski definition) is 25. The van der Waals surface area contributed by atoms with Crippen LogP contribution in [0.5, 0.6) is 5.75 Å². The van der Waals surface area contributed by atoms with Crippen molar-refractivity contribution in [3.63, 3.8) is 0 Å². The van der Waals surface area contributed by atoms with E-state index in [1.807, 2.05) is 30.3 Å². The molecule has 0 saturated carbocycles. The van der Waals surface area contributed by atoms with Crippen LogP contribution >= 0.6 is 11.8 Å². The zero-order chi connectivity index (χ0) is 104. The standard InChI is InChI=1S/C97H135N23O20S/c1-50(2)41-68-88(133)118-79(53(7)8)93(138)119-80(56(11)121)94(139)115-74(90(135)106-54(9)81(98)126)48-141-49-75(123)107-69(42-57-23-15-13-16-24-57)84(129)111-70(44-59-33-37-63(122)38-34-59)86(131)113-73(46-76(124)125)87(132)112-72(45-62-47-105-65-28-20-19-27-64(62)65)89(134)117-78(52(5)6)92(137)114-71(43-58-31-35-61(36-32-58)60-25-17-14-18-26-60)85(130)109-67(30-22-40-104-97(101)102)95(140)120(12)55(10)82(127)116-77(51(3)4)91(136)108-66(83(128)110-68)29-21-39-103-96(99)100/h13-20,23-28,31-38,47,50-56,66-74,77-80,105,121-122H,21-22,29-30,39-46,48-49H2,1-12H3,(H2,98,126)(H,106,135)(H,107,123)(H,108,136)(H,109,130)(H,110,128)(H,111,129)(H,112,132)(H,113,131)(H,114,137)(H,115,139)(H,116,127)(H,117,134)(H,118,133)(H,119,138)(H,124,125)(H4,99,100,103)(H4,101,102,104)/t54-,55-,56+,66-,67-,68-,69-,70-,71-,72-,73-,74-,77+,78-,79-,80-/m0/s1. The van der Waals surface area contributed by atoms with Crippen molar-refractivity contribution in [1.29, 1.82) is 10.8 Å². The minimum atomic E-state index is -2.08. The Hall–Kier alpha value is -14.7. The molecule has 28 N–H and O–H groups in total. The fourth-order valence-corrected chi connectivity index (χ4v) is 16.2. The maximum absolute atomic E-state index is 15.5. The minimum absolute atomic E-state index is 0.00344. The van der Waals surface area contributed by atoms with Gasteiger partial charge in [0.2, 0.25) is 94.5 Å². The summed E-state index contributed by atoms with van der Waals surface area (Å²) in [7, 11) is 1.26. The van der Waals surface area contributed by atoms with Gasteiger partial charge in [0.15, 0.2) is 11.9 Å². The molecule has 0 bridgehead atoms. The number of aliphatic hydroxyl groups excluding tert-OH is 1. The largest absolute Gasteiger partial charge is 0.508 e. The molecule has 1 fully saturated rings. The molecule has 44 heteroatoms. The van der Waals surface area contributed by atoms with Crippen LogP contribution in [0.15, 0.2) is 140 Å². The first-order valence-electron chi connectivity index (χ1n) is 46.6. The molecule has 2 heterocycles. The molecule has 7 rings (SSSR count). The second kappa shape index (κ2) is 55.2. The summed E-state index contributed by atoms with van der Waals surface area (Å²) in [5.74, 6) is -22.9. The molecular weight excluding hydrogens is 1840 g/mol. The quantitative estimate of drug-likeness (QED) is 0.0161. The summed E-state index contributed by atoms with van der Waals surface area (Å²) in [6.45, 7) is 16.5. The van der Waals surface area contributed by atoms with Gasteiger partial charge < -0.3 is 127 Å². The Morgan fingerprint density at radius 3 is 1.36 bits per heavy atom. The SMILES string of the molecule is CC(C)C[C@@H]1NC(=O)[C@H](CCCNC(=N)N)NC(=O)[C@@H](C(C)C)NC(=O)[C@H](C)N(C)C(=O)[C@H](CCCNC(=N)N)NC(=O)[C@H](Cc2ccc(-c3ccccc3)cc2)NC(=O)[C@H](C(C)C)NC(=O)[C@H](Cc2c[nH]c3ccccc23)NC(=O)[C@H](CC(=O)O)NC(=O)[C@H](Cc2ccc(O)cc2)NC(=O)[C@H](Cc2ccccc2)NC(=O)CSC[C@@H](C(=O)N[C@@H](C)C(N)=O)NC(=O)[C@H]([C@@H](C)O)NC(=O)[C@H](C(C)C)NC1=O. The average Bonchev–Trinajstić information content (AvgIpc) is 1.65. The molecule has 0 aliphatic carbocycles. The molecule has 16 atom stereocenters. The van der Waals surface area contributed by atoms with Gasteiger partial charge >= 0.3 is 5.97 Å². The molecule has 1 aliphatic rings. The minimum Gasteiger partial charge on any atom is -0.508 e. The molecule has 16 amide bonds. The van der Waals surface area contributed by atoms with Crippen molar-refractivity contribution in [3.8, 4) is 16.9 Å². The van der Waals surface area contributed by atoms with E-state index in [4.69, 9.17) is 28.0 Å². The van der Waals surface area contributed by atoms with E-state index >= 15 is 33.6 Å². The van der Waals surface area contributed by atoms with Crippen molar-refractivity contribution in [2.24, 2.45) is 40.9 Å². The number of amides is 16. The number of carboxylic acids is 1. The monoisotopic (exact) mass is 1970 g/mol. The van der Waals surface area contributed by atoms with E-state index in [0.717, 1.165) is 23.0 Å². The second-order valence-electron chi connectivity index (χ2n) is 36.4. The maximum Gasteiger partial charge on any atom is 0.305 e. The summed E-state index contributed by atoms with van der Waals surface area (Å²) in [4.78, 5) is 254. The van der Waals surface area contributed by atoms with Gasteiger partial charge in [0.05, 0.1) is 18.3 Å². The molecule has 0 spiro atoms. The Morgan fingerprint density at radius 1 is 0.454 bits per heavy atom. The van der Waals surface area contributed by atoms with E-state index in [9.17, 15) is 63.3 Å². The van der Waals surface area contributed by atoms with Crippen molar-refractivity contribution in [1.82, 2.24) is 95.0 Å². The Bertz CT molecular complexity index is 5360. The first kappa shape index (κ1) is 113. The van der Waals surface area contributed by atoms with Crippen LogP contribution in [0.1, 0.15) is 137 Å². The van der Waals surface area contributed by atoms with Gasteiger partial charge in [0.1, 0.15) is 96.4 Å². The lowest BCUT2D eigenvalue weighted by Crippen LogP contribution is -2.63. The van der Waals surface area contributed by atoms with Gasteiger partial charge in [0, 0.05) is 68.7 Å². The van der Waals surface area contributed by atoms with Crippen molar-refractivity contribution in [3.05, 3.63) is 162 Å². The lowest BCUT2D eigenvalue weighted by Gasteiger charge is -2.32. The number of hydrogen-bond acceptors (Lipinski definition) is 22. The van der Waals surface area contributed by atoms with E-state index < -0.39 is 251 Å². The molecular formula is C97H135N23O20S. The number of carbonyl (C=O) groups is 17. The number of likely N-dealkylation sites (N-methyl/N-ethyl adjacent to an activating group) is 1. The molecule has 1 aliphatic heterocycles. The number of phenols is 1. The second-order valence-corrected chi connectivity index (χ2v) is 37.4. The Labute approximate surface area is 821 Å². The third kappa shape index (κ3) is 36.2. The first-order valence-corrected chi connectivity index (χ1v) is 47.8. The predicted octanol–water partition coefficient (Wildman–Crippen LogP) is -0.907. The number of nitrogens with two attached hydrogens (primary N) is 3. The number of carbonyl (C=O) groups excluding carboxylic acids is 16. The number of guanidine groups is 2. The fourth-order valence-electron chi connectivity index (χ4n) is 15.3. The summed E-state index contributed by atoms with van der Waals surface area (Å²) < 4.78 is 0. The van der Waals surface area contributed by atoms with Gasteiger partial charge in [0.25, 0.3) is 0 Å². The number of aromatic hydroxyl groups is 1. The predicted molar refractivity (Wildman–Crippen MR) is 527 cm³/mol. The van der Waals surface area contributed by atoms with Crippen LogP contribution in [0.3, 0.4) is 0 Å². The van der Waals surface area contributed by atoms with Crippen molar-refractivity contribution in [2.45, 2.75) is 237 Å². The van der Waals surface area contributed by atoms with Gasteiger partial charge in [-0.1, -0.05) is 171 Å². The van der Waals surface area contributed by atoms with E-state index in [1.165, 1.54) is 59.0 Å². The first-order chi connectivity index (χ1) is 66.7. The topological polar surface area (TPSA) is 688 Å². The summed E-state index contributed by atoms with van der Waals surface area (Å²) in [5, 5.41) is 90.4. The van der Waals surface area contributed by atoms with Crippen LogP contribution in [-0.4, -0.2) is 266 Å². The Balaban J connectivity index is 1.35. The zero-order valence-electron chi connectivity index (χ0n) is 81.1. The highest BCUT2D eigenvalue weighted by Gasteiger charge is 2.42. The van der Waals surface area contributed by atoms with Gasteiger partial charge in [-0.25, -0.2) is 0 Å². The van der Waals surface area contributed by atoms with Crippen LogP contribution in [0.2, 0.25) is 0 Å². The third-order valence-electron chi connectivity index (χ3n) is 23.4. The number of fused-ring (bicyclic) bond motifs is 1. The van der Waals surface area contributed by atoms with Crippen molar-refractivity contribution >= 4 is 135 Å². The lowest BCUT2D eigenvalue weighted by molar-refractivity contribution is -0.143. The number of H-pyrrole nitrogens is 1. The number of para-hydroxylation sites is 1. The smallest absolute Gasteiger partial charge is 0.305 e. The summed E-state index contributed by atoms with van der Waals surface area (Å²) in [6, 6.07) is 12.3. The molecule has 764 valence electrons. The van der Waals surface area contributed by atoms with E-state index in [0.29, 0.717) is 39.4 Å². The highest BCUT2D eigenvalue weighted by atomic mass is 32.2. The Kier molecular flexibility index (Phi) is 44.3. The van der Waals surface area contributed by atoms with Crippen molar-refractivity contribution < 1.29 is 96.8 Å². The molecule has 1 saturated heterocycles. The summed E-state index contributed by atoms with van der Waals surface area (Å²) in [6.07, 6.45) is -3.13. The Morgan fingerprint density at radius 2 is 0.851 bits per heavy atom. The number of rotatable bonds is 28. The number of thioether (sulfide) groups is 1. The van der Waals surface area contributed by atoms with Crippen LogP contribution in [0.4, 0.5) is 0 Å². The number of phenolic OH excluding ortho intramolecular Hbond substituents is 1. The fraction of sp³-hybridized carbons (Fsp3) is 0.474. The number of nitrogens with zero attached hydrogens (tertiary/aromatic N) is 1. The molecule has 0 radical (unpaired) electrons. The zero-order valence-corrected chi connectivity index (χ0v) is 81.9. The number of aromatic nitrogens is 1. The van der Waals surface area contributed by atoms with Crippen LogP contribution in [0, 0.1) is 34.5 Å². The van der Waals surface area contributed by atoms with Crippen molar-refractivity contribution in [2.75, 3.05) is 31.6 Å². The van der Waals surface area contributed by atoms with E-state index in [2.05, 4.69) is 90.1 Å². The number of primary amides is 1. The van der Waals surface area contributed by atoms with E-state index in [1.54, 1.807) is 127 Å². The molecule has 0 unspecified atom stereocenters. The summed E-state index contributed by atoms with van der Waals surface area (Å²) in [5.41, 5.74) is 20.7. The van der Waals surface area contributed by atoms with Gasteiger partial charge in [-0.05, 0) is 128 Å². The van der Waals surface area contributed by atoms with Crippen LogP contribution in [-0.2, 0) is 107 Å². The van der Waals surface area contributed by atoms with Crippen LogP contribution < -0.4 is 102 Å². The van der Waals surface area contributed by atoms with Gasteiger partial charge in [-0.2, -0.15) is 0 Å². The molecule has 6 aromatic rings. The number of benzene rings is 5. The number of nitrogens with one attached hydrogen (secondary N) is 19. The van der Waals surface area contributed by atoms with Gasteiger partial charge in [-0.15, -0.1) is 11.8 Å². The number of carboxylic acid groups (broad SMARTS) is 1. The highest BCUT2D eigenvalue weighted by molar-refractivity contribution is 8.00. The lowest BCUT2D eigenvalue weighted by atomic mass is 9.98. The summed E-state index contributed by atoms with van der Waals surface area (Å²) >= 11 is 0.707. The third-order valence-corrected chi connectivity index (χ3v) is 24.5. The molecule has 141 heavy (non-hydrogen) atoms.